The van der Waals surface area contributed by atoms with E-state index in [1.165, 1.54) is 19.9 Å². The third-order valence-corrected chi connectivity index (χ3v) is 10.2. The molecule has 0 radical (unpaired) electrons. The Hall–Kier alpha value is -2.81. The molecule has 9 nitrogen and oxygen atoms in total. The van der Waals surface area contributed by atoms with Crippen molar-refractivity contribution in [3.8, 4) is 0 Å². The molecular weight excluding hydrogens is 480 g/mol. The highest BCUT2D eigenvalue weighted by atomic mass is 16.6. The first-order chi connectivity index (χ1) is 16.9. The molecule has 1 aliphatic heterocycles. The van der Waals surface area contributed by atoms with E-state index in [4.69, 9.17) is 14.2 Å². The molecule has 0 aromatic rings. The number of cyclic esters (lactones) is 1. The summed E-state index contributed by atoms with van der Waals surface area (Å²) in [6.07, 6.45) is 0.930. The van der Waals surface area contributed by atoms with Crippen molar-refractivity contribution in [2.75, 3.05) is 7.11 Å². The summed E-state index contributed by atoms with van der Waals surface area (Å²) in [5.41, 5.74) is -6.51. The van der Waals surface area contributed by atoms with E-state index in [-0.39, 0.29) is 12.2 Å². The number of carbonyl (C=O) groups excluding carboxylic acids is 5. The van der Waals surface area contributed by atoms with Crippen LogP contribution in [0.5, 0.6) is 0 Å². The van der Waals surface area contributed by atoms with E-state index in [0.717, 1.165) is 7.11 Å². The van der Waals surface area contributed by atoms with Crippen molar-refractivity contribution in [1.82, 2.24) is 0 Å². The molecule has 1 heterocycles. The highest BCUT2D eigenvalue weighted by molar-refractivity contribution is 6.15. The molecule has 2 saturated carbocycles. The topological polar surface area (TPSA) is 133 Å². The lowest BCUT2D eigenvalue weighted by molar-refractivity contribution is -0.264. The first-order valence-corrected chi connectivity index (χ1v) is 12.5. The maximum atomic E-state index is 14.0. The van der Waals surface area contributed by atoms with Crippen LogP contribution < -0.4 is 0 Å². The van der Waals surface area contributed by atoms with Crippen LogP contribution in [-0.4, -0.2) is 59.5 Å². The fourth-order valence-corrected chi connectivity index (χ4v) is 8.35. The minimum atomic E-state index is -2.18. The lowest BCUT2D eigenvalue weighted by Crippen LogP contribution is -2.76. The van der Waals surface area contributed by atoms with Crippen LogP contribution in [0.25, 0.3) is 0 Å². The van der Waals surface area contributed by atoms with Gasteiger partial charge in [-0.25, -0.2) is 4.79 Å². The average Bonchev–Trinajstić information content (AvgIpc) is 2.79. The summed E-state index contributed by atoms with van der Waals surface area (Å²) in [5.74, 6) is -5.68. The van der Waals surface area contributed by atoms with Crippen LogP contribution in [0.3, 0.4) is 0 Å². The zero-order valence-corrected chi connectivity index (χ0v) is 22.7. The molecule has 9 atom stereocenters. The van der Waals surface area contributed by atoms with E-state index in [0.29, 0.717) is 5.57 Å². The monoisotopic (exact) mass is 516 g/mol. The molecular formula is C28H36O9. The SMILES string of the molecule is C=C1CC2C3(C)C=CC(=O)C(C)(C)C3C(OC(C)=O)C(O)C2(C)C2C(=O)OC(C)(C(=O)OC)C(=O)C12C. The first-order valence-electron chi connectivity index (χ1n) is 12.5. The van der Waals surface area contributed by atoms with Gasteiger partial charge in [-0.05, 0) is 37.7 Å². The van der Waals surface area contributed by atoms with Crippen LogP contribution >= 0.6 is 0 Å². The summed E-state index contributed by atoms with van der Waals surface area (Å²) in [6, 6.07) is 0. The van der Waals surface area contributed by atoms with Crippen molar-refractivity contribution in [1.29, 1.82) is 0 Å². The van der Waals surface area contributed by atoms with E-state index >= 15 is 0 Å². The minimum absolute atomic E-state index is 0.163. The van der Waals surface area contributed by atoms with Crippen LogP contribution in [-0.2, 0) is 38.2 Å². The lowest BCUT2D eigenvalue weighted by atomic mass is 9.35. The van der Waals surface area contributed by atoms with Gasteiger partial charge in [-0.1, -0.05) is 45.9 Å². The summed E-state index contributed by atoms with van der Waals surface area (Å²) < 4.78 is 16.0. The Morgan fingerprint density at radius 3 is 2.24 bits per heavy atom. The summed E-state index contributed by atoms with van der Waals surface area (Å²) in [5, 5.41) is 12.0. The van der Waals surface area contributed by atoms with Crippen molar-refractivity contribution in [2.24, 2.45) is 39.4 Å². The molecule has 9 heteroatoms. The zero-order chi connectivity index (χ0) is 28.1. The minimum Gasteiger partial charge on any atom is -0.466 e. The number of aliphatic hydroxyl groups excluding tert-OH is 1. The number of esters is 3. The van der Waals surface area contributed by atoms with Crippen molar-refractivity contribution in [2.45, 2.75) is 72.7 Å². The molecule has 0 aromatic carbocycles. The maximum absolute atomic E-state index is 14.0. The molecule has 0 spiro atoms. The van der Waals surface area contributed by atoms with E-state index in [1.54, 1.807) is 33.8 Å². The largest absolute Gasteiger partial charge is 0.466 e. The normalized spacial score (nSPS) is 46.2. The third kappa shape index (κ3) is 3.09. The highest BCUT2D eigenvalue weighted by Gasteiger charge is 2.77. The average molecular weight is 517 g/mol. The molecule has 1 saturated heterocycles. The van der Waals surface area contributed by atoms with Gasteiger partial charge in [-0.2, -0.15) is 0 Å². The fraction of sp³-hybridized carbons (Fsp3) is 0.679. The van der Waals surface area contributed by atoms with Crippen molar-refractivity contribution in [3.05, 3.63) is 24.3 Å². The maximum Gasteiger partial charge on any atom is 0.358 e. The van der Waals surface area contributed by atoms with Crippen molar-refractivity contribution < 1.29 is 43.3 Å². The first kappa shape index (κ1) is 27.2. The van der Waals surface area contributed by atoms with Crippen molar-refractivity contribution >= 4 is 29.5 Å². The molecule has 1 N–H and O–H groups in total. The molecule has 4 rings (SSSR count). The van der Waals surface area contributed by atoms with E-state index in [9.17, 15) is 29.1 Å². The van der Waals surface area contributed by atoms with Gasteiger partial charge in [0.25, 0.3) is 5.60 Å². The number of rotatable bonds is 2. The molecule has 37 heavy (non-hydrogen) atoms. The van der Waals surface area contributed by atoms with Crippen LogP contribution in [0.15, 0.2) is 24.3 Å². The van der Waals surface area contributed by atoms with Gasteiger partial charge in [0.05, 0.1) is 24.5 Å². The Morgan fingerprint density at radius 1 is 1.11 bits per heavy atom. The molecule has 9 unspecified atom stereocenters. The Labute approximate surface area is 216 Å². The van der Waals surface area contributed by atoms with Crippen LogP contribution in [0.4, 0.5) is 0 Å². The van der Waals surface area contributed by atoms with E-state index < -0.39 is 80.9 Å². The van der Waals surface area contributed by atoms with Crippen LogP contribution in [0, 0.1) is 39.4 Å². The second-order valence-corrected chi connectivity index (χ2v) is 12.4. The Balaban J connectivity index is 1.99. The number of hydrogen-bond acceptors (Lipinski definition) is 9. The van der Waals surface area contributed by atoms with Gasteiger partial charge in [-0.3, -0.25) is 19.2 Å². The van der Waals surface area contributed by atoms with Gasteiger partial charge in [-0.15, -0.1) is 0 Å². The molecule has 3 fully saturated rings. The predicted molar refractivity (Wildman–Crippen MR) is 130 cm³/mol. The Morgan fingerprint density at radius 2 is 1.70 bits per heavy atom. The number of fused-ring (bicyclic) bond motifs is 5. The quantitative estimate of drug-likeness (QED) is 0.254. The number of ether oxygens (including phenoxy) is 3. The zero-order valence-electron chi connectivity index (χ0n) is 22.7. The number of ketones is 2. The van der Waals surface area contributed by atoms with Gasteiger partial charge in [0.1, 0.15) is 6.10 Å². The van der Waals surface area contributed by atoms with Crippen LogP contribution in [0.1, 0.15) is 54.9 Å². The van der Waals surface area contributed by atoms with E-state index in [1.807, 2.05) is 6.92 Å². The summed E-state index contributed by atoms with van der Waals surface area (Å²) >= 11 is 0. The number of carbonyl (C=O) groups is 5. The van der Waals surface area contributed by atoms with Crippen molar-refractivity contribution in [3.63, 3.8) is 0 Å². The second kappa shape index (κ2) is 7.85. The number of Topliss-reactive ketones (excluding diaryl/α,β-unsaturated/α-hetero) is 1. The van der Waals surface area contributed by atoms with Gasteiger partial charge < -0.3 is 19.3 Å². The smallest absolute Gasteiger partial charge is 0.358 e. The molecule has 0 aromatic heterocycles. The summed E-state index contributed by atoms with van der Waals surface area (Å²) in [4.78, 5) is 65.7. The Bertz CT molecular complexity index is 1170. The van der Waals surface area contributed by atoms with Gasteiger partial charge in [0.2, 0.25) is 0 Å². The summed E-state index contributed by atoms with van der Waals surface area (Å²) in [6.45, 7) is 15.3. The molecule has 3 aliphatic carbocycles. The highest BCUT2D eigenvalue weighted by Crippen LogP contribution is 2.71. The third-order valence-electron chi connectivity index (χ3n) is 10.2. The molecule has 4 aliphatic rings. The standard InChI is InChI=1S/C28H36O9/c1-13-12-15-25(5)11-10-16(30)24(3,4)18(25)17(36-14(2)29)20(31)27(15,7)19-21(32)37-28(8,23(34)35-9)22(33)26(13,19)6/h10-11,15,17-20,31H,1,12H2,2-9H3. The number of hydrogen-bond donors (Lipinski definition) is 1. The Kier molecular flexibility index (Phi) is 5.78. The second-order valence-electron chi connectivity index (χ2n) is 12.4. The predicted octanol–water partition coefficient (Wildman–Crippen LogP) is 2.34. The van der Waals surface area contributed by atoms with Gasteiger partial charge >= 0.3 is 17.9 Å². The molecule has 202 valence electrons. The van der Waals surface area contributed by atoms with Gasteiger partial charge in [0, 0.05) is 23.7 Å². The lowest BCUT2D eigenvalue weighted by Gasteiger charge is -2.69. The molecule has 0 amide bonds. The van der Waals surface area contributed by atoms with E-state index in [2.05, 4.69) is 6.58 Å². The number of methoxy groups -OCH3 is 1. The van der Waals surface area contributed by atoms with Gasteiger partial charge in [0.15, 0.2) is 11.6 Å². The summed E-state index contributed by atoms with van der Waals surface area (Å²) in [7, 11) is 1.10. The number of aliphatic hydroxyl groups is 1. The van der Waals surface area contributed by atoms with Crippen LogP contribution in [0.2, 0.25) is 0 Å². The molecule has 0 bridgehead atoms. The number of allylic oxidation sites excluding steroid dienone is 3. The fourth-order valence-electron chi connectivity index (χ4n) is 8.35.